The van der Waals surface area contributed by atoms with Crippen LogP contribution in [0.5, 0.6) is 0 Å². The van der Waals surface area contributed by atoms with E-state index < -0.39 is 73.0 Å². The molecule has 18 nitrogen and oxygen atoms in total. The molecule has 0 unspecified atom stereocenters. The van der Waals surface area contributed by atoms with E-state index in [0.29, 0.717) is 70.5 Å². The van der Waals surface area contributed by atoms with Gasteiger partial charge in [0.1, 0.15) is 8.07 Å². The minimum Gasteiger partial charge on any atom is -0.481 e. The highest BCUT2D eigenvalue weighted by Crippen LogP contribution is 2.40. The van der Waals surface area contributed by atoms with Crippen LogP contribution < -0.4 is 31.1 Å². The highest BCUT2D eigenvalue weighted by Gasteiger charge is 2.53. The molecular formula is C85H121NO17Si3. The molecule has 0 spiro atoms. The van der Waals surface area contributed by atoms with Gasteiger partial charge in [0, 0.05) is 56.4 Å². The summed E-state index contributed by atoms with van der Waals surface area (Å²) in [4.78, 5) is 59.6. The third kappa shape index (κ3) is 25.0. The van der Waals surface area contributed by atoms with Gasteiger partial charge in [0.2, 0.25) is 0 Å². The second-order valence-electron chi connectivity index (χ2n) is 29.6. The van der Waals surface area contributed by atoms with Gasteiger partial charge in [-0.2, -0.15) is 0 Å². The Labute approximate surface area is 634 Å². The van der Waals surface area contributed by atoms with E-state index >= 15 is 0 Å². The third-order valence-corrected chi connectivity index (χ3v) is 35.4. The number of ether oxygens (including phenoxy) is 7. The number of carboxylic acid groups (broad SMARTS) is 2. The van der Waals surface area contributed by atoms with Gasteiger partial charge >= 0.3 is 29.8 Å². The third-order valence-electron chi connectivity index (χ3n) is 19.4. The molecule has 5 aliphatic heterocycles. The van der Waals surface area contributed by atoms with Crippen LogP contribution in [0.15, 0.2) is 199 Å². The quantitative estimate of drug-likeness (QED) is 0.0345. The monoisotopic (exact) mass is 1510 g/mol. The van der Waals surface area contributed by atoms with Crippen LogP contribution in [0.1, 0.15) is 130 Å². The van der Waals surface area contributed by atoms with E-state index in [-0.39, 0.29) is 80.9 Å². The molecule has 0 saturated carbocycles. The number of aliphatic imine (C=N–C) groups is 1. The zero-order chi connectivity index (χ0) is 76.0. The molecule has 6 aromatic carbocycles. The van der Waals surface area contributed by atoms with Crippen molar-refractivity contribution in [1.82, 2.24) is 0 Å². The Balaban J connectivity index is 0.000000284. The number of hydrogen-bond acceptors (Lipinski definition) is 16. The molecule has 0 aliphatic carbocycles. The highest BCUT2D eigenvalue weighted by molar-refractivity contribution is 7.03. The number of carbonyl (C=O) groups excluding carboxylic acids is 3. The number of allylic oxidation sites excluding steroid dienone is 1. The molecule has 4 fully saturated rings. The topological polar surface area (TPSA) is 241 Å². The Kier molecular flexibility index (Phi) is 37.8. The highest BCUT2D eigenvalue weighted by atomic mass is 28.4. The van der Waals surface area contributed by atoms with Crippen molar-refractivity contribution in [3.63, 3.8) is 0 Å². The number of benzene rings is 6. The number of carbonyl (C=O) groups is 5. The second-order valence-corrected chi connectivity index (χ2v) is 43.2. The lowest BCUT2D eigenvalue weighted by Crippen LogP contribution is -2.66. The Morgan fingerprint density at radius 1 is 0.425 bits per heavy atom. The Morgan fingerprint density at radius 2 is 0.726 bits per heavy atom. The lowest BCUT2D eigenvalue weighted by atomic mass is 10.1. The summed E-state index contributed by atoms with van der Waals surface area (Å²) in [5.74, 6) is -3.04. The van der Waals surface area contributed by atoms with Gasteiger partial charge in [0.15, 0.2) is 24.4 Å². The summed E-state index contributed by atoms with van der Waals surface area (Å²) in [7, 11) is -6.83. The van der Waals surface area contributed by atoms with Gasteiger partial charge in [0.25, 0.3) is 16.6 Å². The Morgan fingerprint density at radius 3 is 0.972 bits per heavy atom. The van der Waals surface area contributed by atoms with Crippen molar-refractivity contribution < 1.29 is 81.3 Å². The van der Waals surface area contributed by atoms with Crippen molar-refractivity contribution in [1.29, 1.82) is 0 Å². The van der Waals surface area contributed by atoms with Crippen LogP contribution in [0, 0.1) is 23.7 Å². The zero-order valence-corrected chi connectivity index (χ0v) is 66.3. The van der Waals surface area contributed by atoms with E-state index in [9.17, 15) is 29.1 Å². The molecule has 580 valence electrons. The molecular weight excluding hydrogens is 1390 g/mol. The lowest BCUT2D eigenvalue weighted by molar-refractivity contribution is -0.154. The largest absolute Gasteiger partial charge is 0.481 e. The molecule has 0 bridgehead atoms. The Bertz CT molecular complexity index is 3460. The minimum atomic E-state index is -2.57. The number of aliphatic hydroxyl groups is 1. The first kappa shape index (κ1) is 90.8. The average molecular weight is 1510 g/mol. The fourth-order valence-electron chi connectivity index (χ4n) is 13.5. The number of aliphatic carboxylic acids is 2. The van der Waals surface area contributed by atoms with Gasteiger partial charge in [-0.05, 0) is 82.3 Å². The zero-order valence-electron chi connectivity index (χ0n) is 63.3. The lowest BCUT2D eigenvalue weighted by Gasteiger charge is -2.43. The molecule has 21 heteroatoms. The summed E-state index contributed by atoms with van der Waals surface area (Å²) in [6.07, 6.45) is 6.34. The van der Waals surface area contributed by atoms with Crippen LogP contribution in [0.4, 0.5) is 0 Å². The first-order chi connectivity index (χ1) is 49.6. The first-order valence-electron chi connectivity index (χ1n) is 36.4. The average Bonchev–Trinajstić information content (AvgIpc) is 0.810. The van der Waals surface area contributed by atoms with Gasteiger partial charge in [0.05, 0.1) is 52.2 Å². The summed E-state index contributed by atoms with van der Waals surface area (Å²) in [5.41, 5.74) is 0. The van der Waals surface area contributed by atoms with Crippen LogP contribution in [0.2, 0.25) is 21.7 Å². The number of carboxylic acids is 2. The smallest absolute Gasteiger partial charge is 0.335 e. The molecule has 0 radical (unpaired) electrons. The van der Waals surface area contributed by atoms with Crippen LogP contribution in [0.25, 0.3) is 0 Å². The predicted octanol–water partition coefficient (Wildman–Crippen LogP) is 12.5. The minimum absolute atomic E-state index is 0. The van der Waals surface area contributed by atoms with Gasteiger partial charge in [-0.3, -0.25) is 9.79 Å². The molecule has 6 aromatic rings. The standard InChI is InChI=1S/C24H32O4Si.C22H28O4Si.C17H22Si.C8H12O5.C8H14O4.C4H5N.2CH4/c1-5-26-23(25)22-16-19(17-27-22)18-28-29(24(2,3)4,20-12-8-6-9-13-20)21-14-10-7-11-15-21;1-22(2,3)27(18-10-6-4-7-11-18,19-12-8-5-9-13-19)26-16-17-14-20(21(23)24)25-15-17;1-17(2,3)18(4,15-11-7-5-8-12-15)16-13-9-6-10-14-16;1-2-12-8(11)6-3-5(4-13-6)7(9)10;1-2-11-8(10)7-3-6(4-9)5-12-7;1-2-4-5-3-1;;/h6-15,19,22H,5,16-18H2,1-4H3;4-13,17,20H,14-16H2,1-3H3,(H,23,24);5-14H,1-4H3;5-6H,2-4H2,1H3,(H,9,10);6-7,9H,2-5H2,1H3;1,3-4H,2H2;2*1H4/t19-,22-;17-,20-;;5-,6-;6-,7+;;;/m11.10.../s1. The number of nitrogens with zero attached hydrogens (tertiary/aromatic N) is 1. The summed E-state index contributed by atoms with van der Waals surface area (Å²) >= 11 is 0. The van der Waals surface area contributed by atoms with Crippen molar-refractivity contribution in [2.75, 3.05) is 66.1 Å². The maximum Gasteiger partial charge on any atom is 0.335 e. The fourth-order valence-corrected chi connectivity index (χ4v) is 26.6. The number of hydrogen-bond donors (Lipinski definition) is 3. The molecule has 4 saturated heterocycles. The SMILES string of the molecule is C.C.C1=CN=CC1.CC(C)(C)[Si](C)(c1ccccc1)c1ccccc1.CC(C)(C)[Si](OC[C@H]1CO[C@@H](C(=O)O)C1)(c1ccccc1)c1ccccc1.CCOC(=O)[C@H]1C[C@@H](C(=O)O)CO1.CCOC(=O)[C@H]1C[C@@H](CO)CO1.CCOC(=O)[C@H]1C[C@@H](CO[Si](c2ccccc2)(c2ccccc2)C(C)(C)C)CO1. The van der Waals surface area contributed by atoms with Crippen molar-refractivity contribution >= 4 is 91.9 Å². The van der Waals surface area contributed by atoms with E-state index in [1.807, 2.05) is 43.5 Å². The maximum absolute atomic E-state index is 12.0. The van der Waals surface area contributed by atoms with Gasteiger partial charge < -0.3 is 57.3 Å². The van der Waals surface area contributed by atoms with Gasteiger partial charge in [-0.25, -0.2) is 19.2 Å². The number of rotatable bonds is 21. The van der Waals surface area contributed by atoms with E-state index in [4.69, 9.17) is 52.2 Å². The van der Waals surface area contributed by atoms with Crippen LogP contribution >= 0.6 is 0 Å². The molecule has 5 aliphatic rings. The van der Waals surface area contributed by atoms with Crippen LogP contribution in [-0.4, -0.2) is 167 Å². The molecule has 106 heavy (non-hydrogen) atoms. The van der Waals surface area contributed by atoms with Crippen molar-refractivity contribution in [2.45, 2.75) is 176 Å². The van der Waals surface area contributed by atoms with Crippen molar-refractivity contribution in [2.24, 2.45) is 28.7 Å². The predicted molar refractivity (Wildman–Crippen MR) is 430 cm³/mol. The first-order valence-corrected chi connectivity index (χ1v) is 42.7. The Hall–Kier alpha value is -7.55. The van der Waals surface area contributed by atoms with Gasteiger partial charge in [-0.1, -0.05) is 282 Å². The molecule has 5 heterocycles. The maximum atomic E-state index is 12.0. The molecule has 3 N–H and O–H groups in total. The normalized spacial score (nSPS) is 20.2. The van der Waals surface area contributed by atoms with Crippen molar-refractivity contribution in [3.05, 3.63) is 194 Å². The van der Waals surface area contributed by atoms with E-state index in [0.717, 1.165) is 6.42 Å². The number of esters is 3. The molecule has 0 aromatic heterocycles. The van der Waals surface area contributed by atoms with E-state index in [1.165, 1.54) is 31.1 Å². The summed E-state index contributed by atoms with van der Waals surface area (Å²) in [6.45, 7) is 32.1. The molecule has 11 rings (SSSR count). The summed E-state index contributed by atoms with van der Waals surface area (Å²) in [5, 5.41) is 34.7. The van der Waals surface area contributed by atoms with E-state index in [2.05, 4.69) is 232 Å². The second kappa shape index (κ2) is 44.1. The summed E-state index contributed by atoms with van der Waals surface area (Å²) < 4.78 is 49.6. The van der Waals surface area contributed by atoms with Crippen molar-refractivity contribution in [3.8, 4) is 0 Å². The number of aliphatic hydroxyl groups excluding tert-OH is 1. The van der Waals surface area contributed by atoms with Crippen LogP contribution in [-0.2, 0) is 66.0 Å². The molecule has 8 atom stereocenters. The fraction of sp³-hybridized carbons (Fsp3) is 0.482. The van der Waals surface area contributed by atoms with Crippen LogP contribution in [0.3, 0.4) is 0 Å². The van der Waals surface area contributed by atoms with Gasteiger partial charge in [-0.15, -0.1) is 0 Å². The molecule has 0 amide bonds. The summed E-state index contributed by atoms with van der Waals surface area (Å²) in [6, 6.07) is 64.2. The van der Waals surface area contributed by atoms with E-state index in [1.54, 1.807) is 20.0 Å².